The molecule has 0 aromatic rings. The van der Waals surface area contributed by atoms with Crippen LogP contribution in [0.3, 0.4) is 0 Å². The summed E-state index contributed by atoms with van der Waals surface area (Å²) in [5, 5.41) is 43.2. The third-order valence-electron chi connectivity index (χ3n) is 9.77. The molecule has 11 nitrogen and oxygen atoms in total. The van der Waals surface area contributed by atoms with Crippen molar-refractivity contribution in [1.29, 1.82) is 0 Å². The summed E-state index contributed by atoms with van der Waals surface area (Å²) in [6, 6.07) is 0. The summed E-state index contributed by atoms with van der Waals surface area (Å²) in [5.41, 5.74) is -1.95. The number of allylic oxidation sites excluding steroid dienone is 2. The Morgan fingerprint density at radius 3 is 2.52 bits per heavy atom. The molecule has 11 heteroatoms. The van der Waals surface area contributed by atoms with E-state index in [9.17, 15) is 30.0 Å². The summed E-state index contributed by atoms with van der Waals surface area (Å²) in [6.07, 6.45) is 6.36. The van der Waals surface area contributed by atoms with Gasteiger partial charge in [0.2, 0.25) is 0 Å². The zero-order valence-electron chi connectivity index (χ0n) is 30.8. The fourth-order valence-electron chi connectivity index (χ4n) is 6.16. The average molecular weight is 681 g/mol. The number of epoxide rings is 1. The number of amides is 1. The van der Waals surface area contributed by atoms with Gasteiger partial charge in [-0.1, -0.05) is 58.9 Å². The Bertz CT molecular complexity index is 1100. The molecule has 0 spiro atoms. The van der Waals surface area contributed by atoms with E-state index in [2.05, 4.69) is 18.7 Å². The average Bonchev–Trinajstić information content (AvgIpc) is 3.78. The van der Waals surface area contributed by atoms with Crippen LogP contribution in [0.4, 0.5) is 4.79 Å². The van der Waals surface area contributed by atoms with Crippen molar-refractivity contribution in [3.05, 3.63) is 36.0 Å². The molecule has 0 radical (unpaired) electrons. The predicted octanol–water partition coefficient (Wildman–Crippen LogP) is 4.37. The highest BCUT2D eigenvalue weighted by Gasteiger charge is 2.47. The summed E-state index contributed by atoms with van der Waals surface area (Å²) in [6.45, 7) is 18.3. The van der Waals surface area contributed by atoms with Crippen molar-refractivity contribution in [3.8, 4) is 0 Å². The normalized spacial score (nSPS) is 32.0. The molecule has 1 amide bonds. The van der Waals surface area contributed by atoms with Crippen LogP contribution in [0.15, 0.2) is 36.0 Å². The molecule has 2 aliphatic rings. The molecule has 0 aromatic heterocycles. The number of carbonyl (C=O) groups excluding carboxylic acids is 2. The highest BCUT2D eigenvalue weighted by molar-refractivity contribution is 5.70. The first-order valence-electron chi connectivity index (χ1n) is 17.8. The van der Waals surface area contributed by atoms with Gasteiger partial charge in [0.25, 0.3) is 0 Å². The number of carbonyl (C=O) groups is 2. The van der Waals surface area contributed by atoms with Gasteiger partial charge in [-0.05, 0) is 77.7 Å². The number of hydrogen-bond donors (Lipinski definition) is 4. The first-order chi connectivity index (χ1) is 22.4. The molecule has 4 N–H and O–H groups in total. The molecular weight excluding hydrogens is 616 g/mol. The molecule has 48 heavy (non-hydrogen) atoms. The fourth-order valence-corrected chi connectivity index (χ4v) is 6.16. The van der Waals surface area contributed by atoms with E-state index >= 15 is 0 Å². The number of rotatable bonds is 15. The van der Waals surface area contributed by atoms with E-state index in [0.29, 0.717) is 25.0 Å². The van der Waals surface area contributed by atoms with Crippen molar-refractivity contribution in [2.24, 2.45) is 11.8 Å². The van der Waals surface area contributed by atoms with E-state index in [1.807, 2.05) is 27.7 Å². The number of nitrogens with zero attached hydrogens (tertiary/aromatic N) is 2. The first kappa shape index (κ1) is 41.9. The monoisotopic (exact) mass is 680 g/mol. The van der Waals surface area contributed by atoms with Crippen LogP contribution >= 0.6 is 0 Å². The van der Waals surface area contributed by atoms with Crippen molar-refractivity contribution in [2.45, 2.75) is 142 Å². The van der Waals surface area contributed by atoms with Crippen molar-refractivity contribution in [3.63, 3.8) is 0 Å². The Morgan fingerprint density at radius 2 is 1.90 bits per heavy atom. The number of aliphatic hydroxyl groups is 4. The molecule has 2 heterocycles. The Hall–Kier alpha value is -2.28. The number of aliphatic hydroxyl groups excluding tert-OH is 2. The summed E-state index contributed by atoms with van der Waals surface area (Å²) >= 11 is 0. The van der Waals surface area contributed by atoms with E-state index in [4.69, 9.17) is 14.2 Å². The minimum absolute atomic E-state index is 0.0129. The summed E-state index contributed by atoms with van der Waals surface area (Å²) in [4.78, 5) is 29.7. The molecule has 0 saturated carbocycles. The number of hydrogen-bond acceptors (Lipinski definition) is 10. The quantitative estimate of drug-likeness (QED) is 0.0849. The molecule has 1 saturated heterocycles. The van der Waals surface area contributed by atoms with Crippen LogP contribution in [0.2, 0.25) is 0 Å². The van der Waals surface area contributed by atoms with Crippen LogP contribution in [0.5, 0.6) is 0 Å². The maximum absolute atomic E-state index is 13.1. The molecule has 9 unspecified atom stereocenters. The standard InChI is InChI=1S/C37H64N2O9/c1-10-29(41)27(6)34-30(46-34)24-36(7,44)19-13-15-25(4)33-26(5)16-17-31(37(8,45)20-18-28(40)23-32(42)48-33)47-35(43)38(9)21-14-22-39(11-2)12-3/h13,15-17,19,26-31,33-34,40-41,44-45H,10-12,14,18,20-24H2,1-9H3/b17-16+,19-13+,25-15+/t26?,27?,28?,29?,30?,31-,33?,34?,36?,37?/m1/s1. The van der Waals surface area contributed by atoms with Gasteiger partial charge in [0, 0.05) is 31.8 Å². The van der Waals surface area contributed by atoms with Gasteiger partial charge in [0.15, 0.2) is 6.10 Å². The fraction of sp³-hybridized carbons (Fsp3) is 0.784. The second-order valence-electron chi connectivity index (χ2n) is 14.3. The van der Waals surface area contributed by atoms with Crippen molar-refractivity contribution in [2.75, 3.05) is 33.2 Å². The van der Waals surface area contributed by atoms with Crippen LogP contribution < -0.4 is 0 Å². The molecule has 2 aliphatic heterocycles. The van der Waals surface area contributed by atoms with Crippen molar-refractivity contribution in [1.82, 2.24) is 9.80 Å². The van der Waals surface area contributed by atoms with E-state index in [1.165, 1.54) is 4.90 Å². The van der Waals surface area contributed by atoms with E-state index in [0.717, 1.165) is 26.1 Å². The number of ether oxygens (including phenoxy) is 3. The lowest BCUT2D eigenvalue weighted by Crippen LogP contribution is -2.45. The molecule has 10 atom stereocenters. The topological polar surface area (TPSA) is 153 Å². The van der Waals surface area contributed by atoms with Gasteiger partial charge in [0.1, 0.15) is 11.7 Å². The molecule has 0 aromatic carbocycles. The van der Waals surface area contributed by atoms with Crippen LogP contribution in [-0.2, 0) is 19.0 Å². The van der Waals surface area contributed by atoms with Gasteiger partial charge in [-0.2, -0.15) is 0 Å². The number of cyclic esters (lactones) is 1. The van der Waals surface area contributed by atoms with Crippen molar-refractivity contribution < 1.29 is 44.2 Å². The highest BCUT2D eigenvalue weighted by Crippen LogP contribution is 2.37. The second-order valence-corrected chi connectivity index (χ2v) is 14.3. The number of esters is 1. The summed E-state index contributed by atoms with van der Waals surface area (Å²) in [5.74, 6) is -0.959. The van der Waals surface area contributed by atoms with E-state index in [1.54, 1.807) is 51.3 Å². The van der Waals surface area contributed by atoms with Gasteiger partial charge in [-0.25, -0.2) is 4.79 Å². The molecule has 0 bridgehead atoms. The van der Waals surface area contributed by atoms with Gasteiger partial charge >= 0.3 is 12.1 Å². The van der Waals surface area contributed by atoms with Crippen LogP contribution in [0.25, 0.3) is 0 Å². The SMILES string of the molecule is CCC(O)C(C)C1OC1CC(C)(O)/C=C/C=C(\C)C1OC(=O)CC(O)CCC(C)(O)[C@H](OC(=O)N(C)CCCN(CC)CC)/C=C/C1C. The lowest BCUT2D eigenvalue weighted by Gasteiger charge is -2.33. The van der Waals surface area contributed by atoms with Crippen molar-refractivity contribution >= 4 is 12.1 Å². The minimum Gasteiger partial charge on any atom is -0.457 e. The lowest BCUT2D eigenvalue weighted by atomic mass is 9.88. The maximum atomic E-state index is 13.1. The zero-order valence-corrected chi connectivity index (χ0v) is 30.8. The third-order valence-corrected chi connectivity index (χ3v) is 9.77. The van der Waals surface area contributed by atoms with Crippen LogP contribution in [0, 0.1) is 11.8 Å². The molecule has 1 fully saturated rings. The van der Waals surface area contributed by atoms with Crippen LogP contribution in [0.1, 0.15) is 93.9 Å². The Kier molecular flexibility index (Phi) is 16.8. The van der Waals surface area contributed by atoms with Crippen LogP contribution in [-0.4, -0.2) is 123 Å². The lowest BCUT2D eigenvalue weighted by molar-refractivity contribution is -0.151. The Labute approximate surface area is 288 Å². The smallest absolute Gasteiger partial charge is 0.410 e. The predicted molar refractivity (Wildman–Crippen MR) is 186 cm³/mol. The molecule has 0 aliphatic carbocycles. The molecule has 2 rings (SSSR count). The molecular formula is C37H64N2O9. The molecule has 276 valence electrons. The van der Waals surface area contributed by atoms with Gasteiger partial charge in [0.05, 0.1) is 36.4 Å². The summed E-state index contributed by atoms with van der Waals surface area (Å²) in [7, 11) is 1.67. The Balaban J connectivity index is 2.19. The summed E-state index contributed by atoms with van der Waals surface area (Å²) < 4.78 is 17.4. The maximum Gasteiger partial charge on any atom is 0.410 e. The second kappa shape index (κ2) is 19.2. The highest BCUT2D eigenvalue weighted by atomic mass is 16.6. The van der Waals surface area contributed by atoms with Gasteiger partial charge in [-0.15, -0.1) is 0 Å². The minimum atomic E-state index is -1.50. The largest absolute Gasteiger partial charge is 0.457 e. The first-order valence-corrected chi connectivity index (χ1v) is 17.8. The van der Waals surface area contributed by atoms with E-state index in [-0.39, 0.29) is 43.3 Å². The Morgan fingerprint density at radius 1 is 1.23 bits per heavy atom. The third kappa shape index (κ3) is 13.6. The zero-order chi connectivity index (χ0) is 36.2. The van der Waals surface area contributed by atoms with Gasteiger partial charge < -0.3 is 44.4 Å². The van der Waals surface area contributed by atoms with Gasteiger partial charge in [-0.3, -0.25) is 4.79 Å². The van der Waals surface area contributed by atoms with E-state index < -0.39 is 47.7 Å².